The first-order valence-electron chi connectivity index (χ1n) is 15.0. The molecule has 0 aliphatic carbocycles. The summed E-state index contributed by atoms with van der Waals surface area (Å²) < 4.78 is 0. The molecule has 14 heteroatoms. The Hall–Kier alpha value is -3.97. The quantitative estimate of drug-likeness (QED) is 0.102. The Balaban J connectivity index is 2.83. The Labute approximate surface area is 254 Å². The number of rotatable bonds is 20. The van der Waals surface area contributed by atoms with Crippen LogP contribution in [0.3, 0.4) is 0 Å². The third kappa shape index (κ3) is 15.2. The summed E-state index contributed by atoms with van der Waals surface area (Å²) in [5.74, 6) is -3.22. The molecule has 6 amide bonds. The lowest BCUT2D eigenvalue weighted by molar-refractivity contribution is -0.135. The molecular formula is C29H50N8O6. The van der Waals surface area contributed by atoms with E-state index in [0.29, 0.717) is 18.7 Å². The van der Waals surface area contributed by atoms with Gasteiger partial charge in [-0.2, -0.15) is 0 Å². The lowest BCUT2D eigenvalue weighted by Crippen LogP contribution is -2.59. The summed E-state index contributed by atoms with van der Waals surface area (Å²) in [4.78, 5) is 82.4. The molecule has 0 saturated carbocycles. The number of nitrogens with one attached hydrogen (secondary N) is 7. The molecule has 43 heavy (non-hydrogen) atoms. The average Bonchev–Trinajstić information content (AvgIpc) is 3.47. The number of aromatic amines is 1. The van der Waals surface area contributed by atoms with Crippen LogP contribution in [-0.2, 0) is 35.2 Å². The van der Waals surface area contributed by atoms with Gasteiger partial charge in [0.25, 0.3) is 0 Å². The highest BCUT2D eigenvalue weighted by Crippen LogP contribution is 2.12. The van der Waals surface area contributed by atoms with Crippen molar-refractivity contribution in [3.05, 3.63) is 18.2 Å². The zero-order valence-corrected chi connectivity index (χ0v) is 26.3. The number of hydrogen-bond acceptors (Lipinski definition) is 7. The number of aromatic nitrogens is 2. The van der Waals surface area contributed by atoms with E-state index >= 15 is 0 Å². The van der Waals surface area contributed by atoms with Gasteiger partial charge in [-0.05, 0) is 24.7 Å². The van der Waals surface area contributed by atoms with Crippen LogP contribution in [-0.4, -0.2) is 83.2 Å². The molecule has 1 aromatic heterocycles. The van der Waals surface area contributed by atoms with E-state index in [1.807, 2.05) is 20.8 Å². The molecule has 0 fully saturated rings. The monoisotopic (exact) mass is 606 g/mol. The van der Waals surface area contributed by atoms with Crippen molar-refractivity contribution < 1.29 is 28.8 Å². The highest BCUT2D eigenvalue weighted by Gasteiger charge is 2.32. The number of hydrogen-bond donors (Lipinski definition) is 7. The molecule has 4 atom stereocenters. The Morgan fingerprint density at radius 1 is 0.814 bits per heavy atom. The highest BCUT2D eigenvalue weighted by molar-refractivity contribution is 5.95. The van der Waals surface area contributed by atoms with Crippen molar-refractivity contribution >= 4 is 35.4 Å². The van der Waals surface area contributed by atoms with Crippen LogP contribution in [0.5, 0.6) is 0 Å². The van der Waals surface area contributed by atoms with E-state index < -0.39 is 47.7 Å². The maximum absolute atomic E-state index is 13.4. The molecule has 14 nitrogen and oxygen atoms in total. The molecule has 0 aromatic carbocycles. The highest BCUT2D eigenvalue weighted by atomic mass is 16.2. The third-order valence-electron chi connectivity index (χ3n) is 6.78. The van der Waals surface area contributed by atoms with Gasteiger partial charge in [0.15, 0.2) is 0 Å². The van der Waals surface area contributed by atoms with E-state index in [9.17, 15) is 28.8 Å². The Morgan fingerprint density at radius 2 is 1.49 bits per heavy atom. The van der Waals surface area contributed by atoms with Crippen molar-refractivity contribution in [2.24, 2.45) is 11.8 Å². The van der Waals surface area contributed by atoms with Crippen molar-refractivity contribution in [1.29, 1.82) is 0 Å². The maximum atomic E-state index is 13.4. The van der Waals surface area contributed by atoms with Gasteiger partial charge in [-0.1, -0.05) is 53.9 Å². The second-order valence-electron chi connectivity index (χ2n) is 11.1. The molecule has 7 N–H and O–H groups in total. The summed E-state index contributed by atoms with van der Waals surface area (Å²) in [5, 5.41) is 15.8. The number of amides is 6. The van der Waals surface area contributed by atoms with Crippen LogP contribution in [0.25, 0.3) is 0 Å². The van der Waals surface area contributed by atoms with Gasteiger partial charge in [0.1, 0.15) is 18.1 Å². The molecule has 0 aliphatic rings. The fraction of sp³-hybridized carbons (Fsp3) is 0.690. The molecule has 242 valence electrons. The standard InChI is InChI=1S/C29H50N8O6/c1-7-9-10-11-31-24(39)15-32-25(40)16-33-27(41)22(12-18(3)4)36-29(43)26(19(5)8-2)37-28(42)23(35-20(6)38)13-21-14-30-17-34-21/h14,17-19,22-23,26H,7-13,15-16H2,1-6H3,(H,30,34)(H,31,39)(H,32,40)(H,33,41)(H,35,38)(H,36,43)(H,37,42)/t19?,22-,23-,26-/m1/s1. The summed E-state index contributed by atoms with van der Waals surface area (Å²) in [5.41, 5.74) is 0.628. The second-order valence-corrected chi connectivity index (χ2v) is 11.1. The maximum Gasteiger partial charge on any atom is 0.243 e. The van der Waals surface area contributed by atoms with Crippen LogP contribution in [0.4, 0.5) is 0 Å². The van der Waals surface area contributed by atoms with Crippen molar-refractivity contribution in [3.63, 3.8) is 0 Å². The van der Waals surface area contributed by atoms with Gasteiger partial charge in [-0.25, -0.2) is 4.98 Å². The van der Waals surface area contributed by atoms with Gasteiger partial charge in [-0.15, -0.1) is 0 Å². The molecule has 0 spiro atoms. The molecule has 1 heterocycles. The van der Waals surface area contributed by atoms with Crippen molar-refractivity contribution in [2.45, 2.75) is 98.2 Å². The summed E-state index contributed by atoms with van der Waals surface area (Å²) in [7, 11) is 0. The van der Waals surface area contributed by atoms with Crippen LogP contribution < -0.4 is 31.9 Å². The zero-order chi connectivity index (χ0) is 32.4. The molecule has 1 rings (SSSR count). The van der Waals surface area contributed by atoms with E-state index in [-0.39, 0.29) is 43.7 Å². The SMILES string of the molecule is CCCCCNC(=O)CNC(=O)CNC(=O)[C@@H](CC(C)C)NC(=O)[C@H](NC(=O)[C@@H](Cc1cnc[nH]1)NC(C)=O)C(C)CC. The molecule has 0 bridgehead atoms. The van der Waals surface area contributed by atoms with E-state index in [1.165, 1.54) is 13.3 Å². The first kappa shape index (κ1) is 37.1. The van der Waals surface area contributed by atoms with Crippen molar-refractivity contribution in [2.75, 3.05) is 19.6 Å². The minimum Gasteiger partial charge on any atom is -0.355 e. The molecule has 0 aliphatic heterocycles. The number of imidazole rings is 1. The van der Waals surface area contributed by atoms with Gasteiger partial charge in [0.05, 0.1) is 19.4 Å². The van der Waals surface area contributed by atoms with Gasteiger partial charge >= 0.3 is 0 Å². The molecular weight excluding hydrogens is 556 g/mol. The van der Waals surface area contributed by atoms with Crippen LogP contribution in [0, 0.1) is 11.8 Å². The van der Waals surface area contributed by atoms with Crippen molar-refractivity contribution in [1.82, 2.24) is 41.9 Å². The summed E-state index contributed by atoms with van der Waals surface area (Å²) >= 11 is 0. The number of unbranched alkanes of at least 4 members (excludes halogenated alkanes) is 2. The smallest absolute Gasteiger partial charge is 0.243 e. The van der Waals surface area contributed by atoms with Gasteiger partial charge < -0.3 is 36.9 Å². The predicted molar refractivity (Wildman–Crippen MR) is 161 cm³/mol. The first-order chi connectivity index (χ1) is 20.4. The Bertz CT molecular complexity index is 1050. The van der Waals surface area contributed by atoms with Gasteiger partial charge in [-0.3, -0.25) is 28.8 Å². The number of H-pyrrole nitrogens is 1. The Kier molecular flexibility index (Phi) is 17.3. The van der Waals surface area contributed by atoms with Crippen LogP contribution in [0.1, 0.15) is 79.3 Å². The number of carbonyl (C=O) groups is 6. The molecule has 1 unspecified atom stereocenters. The molecule has 0 radical (unpaired) electrons. The molecule has 0 saturated heterocycles. The lowest BCUT2D eigenvalue weighted by Gasteiger charge is -2.28. The number of nitrogens with zero attached hydrogens (tertiary/aromatic N) is 1. The van der Waals surface area contributed by atoms with Crippen LogP contribution >= 0.6 is 0 Å². The summed E-state index contributed by atoms with van der Waals surface area (Å²) in [6, 6.07) is -2.91. The van der Waals surface area contributed by atoms with Gasteiger partial charge in [0.2, 0.25) is 35.4 Å². The summed E-state index contributed by atoms with van der Waals surface area (Å²) in [6.07, 6.45) is 6.87. The topological polar surface area (TPSA) is 203 Å². The van der Waals surface area contributed by atoms with E-state index in [1.54, 1.807) is 13.1 Å². The van der Waals surface area contributed by atoms with E-state index in [2.05, 4.69) is 48.8 Å². The fourth-order valence-electron chi connectivity index (χ4n) is 4.19. The zero-order valence-electron chi connectivity index (χ0n) is 26.3. The number of carbonyl (C=O) groups excluding carboxylic acids is 6. The average molecular weight is 607 g/mol. The largest absolute Gasteiger partial charge is 0.355 e. The third-order valence-corrected chi connectivity index (χ3v) is 6.78. The second kappa shape index (κ2) is 20.0. The lowest BCUT2D eigenvalue weighted by atomic mass is 9.96. The molecule has 1 aromatic rings. The van der Waals surface area contributed by atoms with Crippen molar-refractivity contribution in [3.8, 4) is 0 Å². The van der Waals surface area contributed by atoms with Gasteiger partial charge in [0, 0.05) is 31.8 Å². The van der Waals surface area contributed by atoms with E-state index in [4.69, 9.17) is 0 Å². The summed E-state index contributed by atoms with van der Waals surface area (Å²) in [6.45, 7) is 10.8. The Morgan fingerprint density at radius 3 is 2.07 bits per heavy atom. The van der Waals surface area contributed by atoms with Crippen LogP contribution in [0.2, 0.25) is 0 Å². The fourth-order valence-corrected chi connectivity index (χ4v) is 4.19. The van der Waals surface area contributed by atoms with E-state index in [0.717, 1.165) is 19.3 Å². The minimum absolute atomic E-state index is 0.0245. The first-order valence-corrected chi connectivity index (χ1v) is 15.0. The predicted octanol–water partition coefficient (Wildman–Crippen LogP) is 0.0575. The van der Waals surface area contributed by atoms with Crippen LogP contribution in [0.15, 0.2) is 12.5 Å². The normalized spacial score (nSPS) is 13.7. The minimum atomic E-state index is -0.989.